The zero-order valence-corrected chi connectivity index (χ0v) is 11.8. The summed E-state index contributed by atoms with van der Waals surface area (Å²) in [5.41, 5.74) is 8.46. The molecule has 1 unspecified atom stereocenters. The molecule has 1 heterocycles. The van der Waals surface area contributed by atoms with Crippen LogP contribution in [0, 0.1) is 6.92 Å². The molecular formula is C16H20N2O2. The van der Waals surface area contributed by atoms with Gasteiger partial charge in [-0.2, -0.15) is 0 Å². The molecule has 0 aliphatic rings. The van der Waals surface area contributed by atoms with Crippen LogP contribution in [0.1, 0.15) is 34.2 Å². The Balaban J connectivity index is 1.96. The van der Waals surface area contributed by atoms with Crippen LogP contribution in [-0.2, 0) is 13.0 Å². The van der Waals surface area contributed by atoms with Crippen molar-refractivity contribution in [2.75, 3.05) is 0 Å². The number of carbonyl (C=O) groups excluding carboxylic acids is 1. The fourth-order valence-corrected chi connectivity index (χ4v) is 2.13. The lowest BCUT2D eigenvalue weighted by Crippen LogP contribution is -2.34. The van der Waals surface area contributed by atoms with E-state index in [1.807, 2.05) is 19.1 Å². The molecule has 0 saturated heterocycles. The Morgan fingerprint density at radius 1 is 1.40 bits per heavy atom. The van der Waals surface area contributed by atoms with Crippen LogP contribution in [0.4, 0.5) is 0 Å². The molecule has 1 aromatic heterocycles. The highest BCUT2D eigenvalue weighted by molar-refractivity contribution is 5.94. The first kappa shape index (κ1) is 14.3. The average molecular weight is 272 g/mol. The van der Waals surface area contributed by atoms with Gasteiger partial charge >= 0.3 is 0 Å². The van der Waals surface area contributed by atoms with Crippen LogP contribution < -0.4 is 11.1 Å². The quantitative estimate of drug-likeness (QED) is 0.878. The number of nitrogens with two attached hydrogens (primary N) is 1. The average Bonchev–Trinajstić information content (AvgIpc) is 2.90. The number of amides is 1. The first-order chi connectivity index (χ1) is 9.60. The molecule has 0 spiro atoms. The standard InChI is InChI=1S/C16H20N2O2/c1-11-5-3-4-6-13(11)7-12(2)18-16(19)14-8-15(9-17)20-10-14/h3-6,8,10,12H,7,9,17H2,1-2H3,(H,18,19). The van der Waals surface area contributed by atoms with Gasteiger partial charge in [0.05, 0.1) is 12.1 Å². The summed E-state index contributed by atoms with van der Waals surface area (Å²) in [6, 6.07) is 9.92. The Morgan fingerprint density at radius 2 is 2.15 bits per heavy atom. The molecule has 2 rings (SSSR count). The number of rotatable bonds is 5. The van der Waals surface area contributed by atoms with E-state index in [4.69, 9.17) is 10.2 Å². The van der Waals surface area contributed by atoms with Crippen molar-refractivity contribution in [1.82, 2.24) is 5.32 Å². The zero-order valence-electron chi connectivity index (χ0n) is 11.8. The molecule has 20 heavy (non-hydrogen) atoms. The van der Waals surface area contributed by atoms with Gasteiger partial charge in [0.2, 0.25) is 0 Å². The van der Waals surface area contributed by atoms with Gasteiger partial charge in [0.25, 0.3) is 5.91 Å². The predicted molar refractivity (Wildman–Crippen MR) is 78.4 cm³/mol. The van der Waals surface area contributed by atoms with Gasteiger partial charge in [0.15, 0.2) is 0 Å². The summed E-state index contributed by atoms with van der Waals surface area (Å²) in [6.45, 7) is 4.37. The van der Waals surface area contributed by atoms with Crippen LogP contribution in [0.25, 0.3) is 0 Å². The number of hydrogen-bond acceptors (Lipinski definition) is 3. The number of aryl methyl sites for hydroxylation is 1. The lowest BCUT2D eigenvalue weighted by Gasteiger charge is -2.14. The summed E-state index contributed by atoms with van der Waals surface area (Å²) in [7, 11) is 0. The second-order valence-corrected chi connectivity index (χ2v) is 5.01. The van der Waals surface area contributed by atoms with Crippen molar-refractivity contribution in [3.8, 4) is 0 Å². The highest BCUT2D eigenvalue weighted by Crippen LogP contribution is 2.11. The van der Waals surface area contributed by atoms with Gasteiger partial charge in [-0.3, -0.25) is 4.79 Å². The molecule has 0 radical (unpaired) electrons. The highest BCUT2D eigenvalue weighted by atomic mass is 16.3. The SMILES string of the molecule is Cc1ccccc1CC(C)NC(=O)c1coc(CN)c1. The van der Waals surface area contributed by atoms with Crippen LogP contribution in [0.5, 0.6) is 0 Å². The van der Waals surface area contributed by atoms with E-state index in [-0.39, 0.29) is 11.9 Å². The van der Waals surface area contributed by atoms with Gasteiger partial charge in [-0.15, -0.1) is 0 Å². The van der Waals surface area contributed by atoms with E-state index < -0.39 is 0 Å². The number of hydrogen-bond donors (Lipinski definition) is 2. The van der Waals surface area contributed by atoms with E-state index in [0.717, 1.165) is 6.42 Å². The lowest BCUT2D eigenvalue weighted by molar-refractivity contribution is 0.0939. The summed E-state index contributed by atoms with van der Waals surface area (Å²) in [5.74, 6) is 0.483. The summed E-state index contributed by atoms with van der Waals surface area (Å²) in [4.78, 5) is 12.0. The van der Waals surface area contributed by atoms with Crippen molar-refractivity contribution >= 4 is 5.91 Å². The Morgan fingerprint density at radius 3 is 2.80 bits per heavy atom. The monoisotopic (exact) mass is 272 g/mol. The molecule has 4 heteroatoms. The molecular weight excluding hydrogens is 252 g/mol. The fourth-order valence-electron chi connectivity index (χ4n) is 2.13. The lowest BCUT2D eigenvalue weighted by atomic mass is 10.0. The molecule has 4 nitrogen and oxygen atoms in total. The Kier molecular flexibility index (Phi) is 4.58. The summed E-state index contributed by atoms with van der Waals surface area (Å²) >= 11 is 0. The van der Waals surface area contributed by atoms with Crippen molar-refractivity contribution in [3.63, 3.8) is 0 Å². The molecule has 1 amide bonds. The number of carbonyl (C=O) groups is 1. The molecule has 1 aromatic carbocycles. The van der Waals surface area contributed by atoms with E-state index >= 15 is 0 Å². The van der Waals surface area contributed by atoms with Gasteiger partial charge in [0, 0.05) is 6.04 Å². The topological polar surface area (TPSA) is 68.3 Å². The van der Waals surface area contributed by atoms with Crippen molar-refractivity contribution in [2.24, 2.45) is 5.73 Å². The molecule has 3 N–H and O–H groups in total. The smallest absolute Gasteiger partial charge is 0.254 e. The van der Waals surface area contributed by atoms with Crippen molar-refractivity contribution in [2.45, 2.75) is 32.9 Å². The minimum Gasteiger partial charge on any atom is -0.467 e. The molecule has 0 aliphatic carbocycles. The van der Waals surface area contributed by atoms with Crippen molar-refractivity contribution < 1.29 is 9.21 Å². The van der Waals surface area contributed by atoms with Crippen molar-refractivity contribution in [3.05, 3.63) is 59.0 Å². The van der Waals surface area contributed by atoms with E-state index in [0.29, 0.717) is 17.9 Å². The summed E-state index contributed by atoms with van der Waals surface area (Å²) in [5, 5.41) is 2.97. The van der Waals surface area contributed by atoms with E-state index in [1.165, 1.54) is 17.4 Å². The minimum atomic E-state index is -0.130. The molecule has 2 aromatic rings. The molecule has 0 bridgehead atoms. The number of furan rings is 1. The third kappa shape index (κ3) is 3.48. The zero-order chi connectivity index (χ0) is 14.5. The summed E-state index contributed by atoms with van der Waals surface area (Å²) in [6.07, 6.45) is 2.25. The first-order valence-corrected chi connectivity index (χ1v) is 6.73. The van der Waals surface area contributed by atoms with E-state index in [9.17, 15) is 4.79 Å². The number of nitrogens with one attached hydrogen (secondary N) is 1. The second-order valence-electron chi connectivity index (χ2n) is 5.01. The normalized spacial score (nSPS) is 12.2. The maximum absolute atomic E-state index is 12.0. The number of benzene rings is 1. The highest BCUT2D eigenvalue weighted by Gasteiger charge is 2.13. The predicted octanol–water partition coefficient (Wildman–Crippen LogP) is 2.41. The van der Waals surface area contributed by atoms with Gasteiger partial charge in [-0.1, -0.05) is 24.3 Å². The van der Waals surface area contributed by atoms with Crippen LogP contribution in [-0.4, -0.2) is 11.9 Å². The molecule has 1 atom stereocenters. The largest absolute Gasteiger partial charge is 0.467 e. The molecule has 106 valence electrons. The third-order valence-electron chi connectivity index (χ3n) is 3.28. The maximum atomic E-state index is 12.0. The van der Waals surface area contributed by atoms with Crippen LogP contribution >= 0.6 is 0 Å². The summed E-state index contributed by atoms with van der Waals surface area (Å²) < 4.78 is 5.17. The third-order valence-corrected chi connectivity index (χ3v) is 3.28. The first-order valence-electron chi connectivity index (χ1n) is 6.73. The van der Waals surface area contributed by atoms with Gasteiger partial charge in [-0.25, -0.2) is 0 Å². The fraction of sp³-hybridized carbons (Fsp3) is 0.312. The Bertz CT molecular complexity index is 590. The Hall–Kier alpha value is -2.07. The molecule has 0 saturated carbocycles. The minimum absolute atomic E-state index is 0.0554. The van der Waals surface area contributed by atoms with E-state index in [2.05, 4.69) is 24.4 Å². The van der Waals surface area contributed by atoms with Gasteiger partial charge < -0.3 is 15.5 Å². The second kappa shape index (κ2) is 6.39. The van der Waals surface area contributed by atoms with E-state index in [1.54, 1.807) is 6.07 Å². The maximum Gasteiger partial charge on any atom is 0.254 e. The van der Waals surface area contributed by atoms with Crippen LogP contribution in [0.3, 0.4) is 0 Å². The van der Waals surface area contributed by atoms with Crippen LogP contribution in [0.15, 0.2) is 41.0 Å². The molecule has 0 aliphatic heterocycles. The van der Waals surface area contributed by atoms with Gasteiger partial charge in [-0.05, 0) is 37.5 Å². The van der Waals surface area contributed by atoms with Gasteiger partial charge in [0.1, 0.15) is 12.0 Å². The Labute approximate surface area is 119 Å². The van der Waals surface area contributed by atoms with Crippen molar-refractivity contribution in [1.29, 1.82) is 0 Å². The van der Waals surface area contributed by atoms with Crippen LogP contribution in [0.2, 0.25) is 0 Å². The molecule has 0 fully saturated rings.